The first-order valence-electron chi connectivity index (χ1n) is 11.8. The molecule has 3 aromatic rings. The van der Waals surface area contributed by atoms with E-state index in [9.17, 15) is 19.2 Å². The molecule has 9 heteroatoms. The van der Waals surface area contributed by atoms with E-state index in [1.165, 1.54) is 7.11 Å². The molecule has 2 aromatic carbocycles. The minimum Gasteiger partial charge on any atom is -0.465 e. The van der Waals surface area contributed by atoms with Gasteiger partial charge in [0.15, 0.2) is 0 Å². The fraction of sp³-hybridized carbons (Fsp3) is 0.214. The lowest BCUT2D eigenvalue weighted by molar-refractivity contribution is -0.127. The van der Waals surface area contributed by atoms with Crippen molar-refractivity contribution in [3.05, 3.63) is 88.4 Å². The van der Waals surface area contributed by atoms with Crippen LogP contribution in [0.1, 0.15) is 39.8 Å². The van der Waals surface area contributed by atoms with Gasteiger partial charge in [-0.2, -0.15) is 0 Å². The van der Waals surface area contributed by atoms with Crippen LogP contribution >= 0.6 is 0 Å². The van der Waals surface area contributed by atoms with Crippen LogP contribution in [-0.4, -0.2) is 46.9 Å². The molecule has 4 amide bonds. The number of aryl methyl sites for hydroxylation is 2. The predicted octanol–water partition coefficient (Wildman–Crippen LogP) is 3.97. The van der Waals surface area contributed by atoms with Crippen LogP contribution in [0.15, 0.2) is 60.3 Å². The van der Waals surface area contributed by atoms with E-state index in [-0.39, 0.29) is 5.70 Å². The fourth-order valence-electron chi connectivity index (χ4n) is 4.38. The molecule has 1 saturated heterocycles. The van der Waals surface area contributed by atoms with Gasteiger partial charge in [0.05, 0.1) is 12.7 Å². The Kier molecular flexibility index (Phi) is 7.24. The lowest BCUT2D eigenvalue weighted by Gasteiger charge is -2.13. The maximum atomic E-state index is 13.0. The number of hydrogen-bond donors (Lipinski definition) is 2. The van der Waals surface area contributed by atoms with Crippen LogP contribution in [0, 0.1) is 13.8 Å². The maximum absolute atomic E-state index is 13.0. The van der Waals surface area contributed by atoms with E-state index in [4.69, 9.17) is 4.74 Å². The molecule has 4 rings (SSSR count). The number of para-hydroxylation sites is 1. The first-order chi connectivity index (χ1) is 17.7. The number of carbonyl (C=O) groups excluding carboxylic acids is 4. The molecule has 1 aliphatic rings. The fourth-order valence-corrected chi connectivity index (χ4v) is 4.38. The number of imide groups is 1. The van der Waals surface area contributed by atoms with Gasteiger partial charge in [0.2, 0.25) is 5.91 Å². The molecule has 190 valence electrons. The third-order valence-electron chi connectivity index (χ3n) is 6.23. The second-order valence-corrected chi connectivity index (χ2v) is 8.64. The van der Waals surface area contributed by atoms with Crippen molar-refractivity contribution in [3.8, 4) is 5.69 Å². The van der Waals surface area contributed by atoms with Crippen LogP contribution in [0.3, 0.4) is 0 Å². The lowest BCUT2D eigenvalue weighted by atomic mass is 10.1. The van der Waals surface area contributed by atoms with E-state index in [2.05, 4.69) is 10.6 Å². The molecule has 9 nitrogen and oxygen atoms in total. The highest BCUT2D eigenvalue weighted by atomic mass is 16.5. The summed E-state index contributed by atoms with van der Waals surface area (Å²) >= 11 is 0. The minimum atomic E-state index is -0.658. The summed E-state index contributed by atoms with van der Waals surface area (Å²) in [5.41, 5.74) is 5.26. The van der Waals surface area contributed by atoms with Crippen molar-refractivity contribution in [2.75, 3.05) is 19.0 Å². The maximum Gasteiger partial charge on any atom is 0.337 e. The Morgan fingerprint density at radius 3 is 2.54 bits per heavy atom. The minimum absolute atomic E-state index is 0.0790. The smallest absolute Gasteiger partial charge is 0.337 e. The number of nitrogens with one attached hydrogen (secondary N) is 2. The van der Waals surface area contributed by atoms with E-state index in [0.717, 1.165) is 34.0 Å². The molecule has 1 aromatic heterocycles. The molecule has 0 radical (unpaired) electrons. The molecule has 1 fully saturated rings. The van der Waals surface area contributed by atoms with E-state index in [1.54, 1.807) is 30.3 Å². The lowest BCUT2D eigenvalue weighted by Crippen LogP contribution is -2.38. The van der Waals surface area contributed by atoms with E-state index in [1.807, 2.05) is 55.7 Å². The molecule has 0 saturated carbocycles. The number of amides is 4. The molecular weight excluding hydrogens is 472 g/mol. The summed E-state index contributed by atoms with van der Waals surface area (Å²) in [6.45, 7) is 5.35. The van der Waals surface area contributed by atoms with Gasteiger partial charge in [0.1, 0.15) is 12.2 Å². The highest BCUT2D eigenvalue weighted by molar-refractivity contribution is 6.16. The van der Waals surface area contributed by atoms with Gasteiger partial charge in [0.25, 0.3) is 5.91 Å². The number of carbonyl (C=O) groups is 4. The van der Waals surface area contributed by atoms with Gasteiger partial charge in [-0.3, -0.25) is 9.59 Å². The number of rotatable bonds is 7. The quantitative estimate of drug-likeness (QED) is 0.290. The average Bonchev–Trinajstić information content (AvgIpc) is 3.32. The van der Waals surface area contributed by atoms with E-state index >= 15 is 0 Å². The zero-order valence-corrected chi connectivity index (χ0v) is 21.1. The summed E-state index contributed by atoms with van der Waals surface area (Å²) in [6, 6.07) is 15.6. The van der Waals surface area contributed by atoms with Crippen molar-refractivity contribution in [3.63, 3.8) is 0 Å². The van der Waals surface area contributed by atoms with Crippen LogP contribution in [0.4, 0.5) is 10.5 Å². The Balaban J connectivity index is 1.54. The Morgan fingerprint density at radius 2 is 1.81 bits per heavy atom. The Labute approximate surface area is 214 Å². The normalized spacial score (nSPS) is 14.2. The molecule has 2 heterocycles. The molecule has 0 spiro atoms. The van der Waals surface area contributed by atoms with Crippen LogP contribution < -0.4 is 10.6 Å². The largest absolute Gasteiger partial charge is 0.465 e. The van der Waals surface area contributed by atoms with Gasteiger partial charge >= 0.3 is 12.0 Å². The summed E-state index contributed by atoms with van der Waals surface area (Å²) < 4.78 is 6.76. The number of anilines is 1. The number of aromatic nitrogens is 1. The van der Waals surface area contributed by atoms with Crippen LogP contribution in [0.5, 0.6) is 0 Å². The van der Waals surface area contributed by atoms with Gasteiger partial charge in [-0.1, -0.05) is 31.2 Å². The van der Waals surface area contributed by atoms with Crippen LogP contribution in [-0.2, 0) is 20.7 Å². The number of benzene rings is 2. The van der Waals surface area contributed by atoms with Crippen molar-refractivity contribution >= 4 is 35.6 Å². The number of ether oxygens (including phenoxy) is 1. The van der Waals surface area contributed by atoms with Crippen molar-refractivity contribution in [2.45, 2.75) is 27.2 Å². The molecule has 1 aliphatic heterocycles. The molecule has 0 unspecified atom stereocenters. The third-order valence-corrected chi connectivity index (χ3v) is 6.23. The van der Waals surface area contributed by atoms with Gasteiger partial charge in [0, 0.05) is 22.8 Å². The Hall–Kier alpha value is -4.66. The summed E-state index contributed by atoms with van der Waals surface area (Å²) in [4.78, 5) is 51.0. The number of hydrogen-bond acceptors (Lipinski definition) is 5. The molecule has 37 heavy (non-hydrogen) atoms. The molecular formula is C28H28N4O5. The zero-order chi connectivity index (χ0) is 26.7. The van der Waals surface area contributed by atoms with Crippen LogP contribution in [0.2, 0.25) is 0 Å². The summed E-state index contributed by atoms with van der Waals surface area (Å²) in [6.07, 6.45) is 2.32. The first kappa shape index (κ1) is 25.4. The van der Waals surface area contributed by atoms with Gasteiger partial charge in [-0.25, -0.2) is 14.5 Å². The number of esters is 1. The predicted molar refractivity (Wildman–Crippen MR) is 139 cm³/mol. The highest BCUT2D eigenvalue weighted by Gasteiger charge is 2.35. The van der Waals surface area contributed by atoms with Gasteiger partial charge in [-0.05, 0) is 67.8 Å². The number of urea groups is 1. The molecule has 2 N–H and O–H groups in total. The molecule has 0 bridgehead atoms. The van der Waals surface area contributed by atoms with Crippen molar-refractivity contribution < 1.29 is 23.9 Å². The monoisotopic (exact) mass is 500 g/mol. The van der Waals surface area contributed by atoms with Gasteiger partial charge < -0.3 is 19.9 Å². The summed E-state index contributed by atoms with van der Waals surface area (Å²) in [5, 5.41) is 5.35. The van der Waals surface area contributed by atoms with Crippen LogP contribution in [0.25, 0.3) is 11.8 Å². The van der Waals surface area contributed by atoms with Crippen molar-refractivity contribution in [1.29, 1.82) is 0 Å². The van der Waals surface area contributed by atoms with Crippen molar-refractivity contribution in [1.82, 2.24) is 14.8 Å². The molecule has 0 aliphatic carbocycles. The second-order valence-electron chi connectivity index (χ2n) is 8.64. The topological polar surface area (TPSA) is 110 Å². The zero-order valence-electron chi connectivity index (χ0n) is 21.1. The Bertz CT molecular complexity index is 1440. The SMILES string of the molecule is CCc1ccccc1NC(=O)CN1C(=O)N/C(=C/c2cc(C)n(-c3cccc(C(=O)OC)c3)c2C)C1=O. The highest BCUT2D eigenvalue weighted by Crippen LogP contribution is 2.25. The van der Waals surface area contributed by atoms with E-state index in [0.29, 0.717) is 16.8 Å². The first-order valence-corrected chi connectivity index (χ1v) is 11.8. The standard InChI is InChI=1S/C28H28N4O5/c1-5-19-9-6-7-12-23(19)29-25(33)16-31-26(34)24(30-28(31)36)15-21-13-17(2)32(18(21)3)22-11-8-10-20(14-22)27(35)37-4/h6-15H,5,16H2,1-4H3,(H,29,33)(H,30,36)/b24-15+. The third kappa shape index (κ3) is 5.16. The average molecular weight is 501 g/mol. The second kappa shape index (κ2) is 10.5. The molecule has 0 atom stereocenters. The number of nitrogens with zero attached hydrogens (tertiary/aromatic N) is 2. The van der Waals surface area contributed by atoms with Gasteiger partial charge in [-0.15, -0.1) is 0 Å². The summed E-state index contributed by atoms with van der Waals surface area (Å²) in [7, 11) is 1.33. The van der Waals surface area contributed by atoms with Crippen molar-refractivity contribution in [2.24, 2.45) is 0 Å². The Morgan fingerprint density at radius 1 is 1.05 bits per heavy atom. The van der Waals surface area contributed by atoms with E-state index < -0.39 is 30.4 Å². The summed E-state index contributed by atoms with van der Waals surface area (Å²) in [5.74, 6) is -1.48. The number of methoxy groups -OCH3 is 1.